The van der Waals surface area contributed by atoms with Crippen LogP contribution in [0.4, 0.5) is 13.2 Å². The van der Waals surface area contributed by atoms with Crippen molar-refractivity contribution in [2.24, 2.45) is 0 Å². The predicted molar refractivity (Wildman–Crippen MR) is 70.4 cm³/mol. The maximum Gasteiger partial charge on any atom is 0.573 e. The summed E-state index contributed by atoms with van der Waals surface area (Å²) in [5.74, 6) is -0.173. The lowest BCUT2D eigenvalue weighted by Crippen LogP contribution is -2.35. The number of ether oxygens (including phenoxy) is 1. The number of alkyl halides is 4. The van der Waals surface area contributed by atoms with Crippen LogP contribution in [-0.4, -0.2) is 29.2 Å². The molecule has 19 heavy (non-hydrogen) atoms. The third kappa shape index (κ3) is 5.03. The van der Waals surface area contributed by atoms with Gasteiger partial charge in [0.05, 0.1) is 0 Å². The largest absolute Gasteiger partial charge is 0.573 e. The summed E-state index contributed by atoms with van der Waals surface area (Å²) in [5.41, 5.74) is 0.996. The Labute approximate surface area is 118 Å². The Bertz CT molecular complexity index is 407. The van der Waals surface area contributed by atoms with Gasteiger partial charge in [0.15, 0.2) is 0 Å². The molecule has 1 unspecified atom stereocenters. The van der Waals surface area contributed by atoms with E-state index in [-0.39, 0.29) is 5.75 Å². The van der Waals surface area contributed by atoms with Crippen LogP contribution in [0.2, 0.25) is 0 Å². The first kappa shape index (κ1) is 14.7. The molecule has 1 heterocycles. The Morgan fingerprint density at radius 1 is 1.26 bits per heavy atom. The molecule has 0 aromatic heterocycles. The summed E-state index contributed by atoms with van der Waals surface area (Å²) in [6.45, 7) is 2.76. The number of nitrogens with zero attached hydrogens (tertiary/aromatic N) is 1. The van der Waals surface area contributed by atoms with Crippen molar-refractivity contribution in [2.75, 3.05) is 13.1 Å². The van der Waals surface area contributed by atoms with Crippen LogP contribution in [-0.2, 0) is 6.54 Å². The maximum atomic E-state index is 12.0. The number of hydrogen-bond acceptors (Lipinski definition) is 2. The highest BCUT2D eigenvalue weighted by Gasteiger charge is 2.31. The minimum absolute atomic E-state index is 0.173. The molecule has 0 spiro atoms. The fourth-order valence-electron chi connectivity index (χ4n) is 2.20. The van der Waals surface area contributed by atoms with E-state index < -0.39 is 6.36 Å². The van der Waals surface area contributed by atoms with Crippen LogP contribution in [0, 0.1) is 0 Å². The standard InChI is InChI=1S/C13H15BrF3NO/c14-11-2-1-7-18(9-11)8-10-3-5-12(6-4-10)19-13(15,16)17/h3-6,11H,1-2,7-9H2. The van der Waals surface area contributed by atoms with Crippen molar-refractivity contribution in [1.82, 2.24) is 4.90 Å². The quantitative estimate of drug-likeness (QED) is 0.774. The first-order valence-electron chi connectivity index (χ1n) is 6.13. The molecule has 106 valence electrons. The molecular weight excluding hydrogens is 323 g/mol. The summed E-state index contributed by atoms with van der Waals surface area (Å²) in [6.07, 6.45) is -2.31. The van der Waals surface area contributed by atoms with E-state index in [1.807, 2.05) is 0 Å². The van der Waals surface area contributed by atoms with E-state index in [4.69, 9.17) is 0 Å². The zero-order valence-corrected chi connectivity index (χ0v) is 11.9. The van der Waals surface area contributed by atoms with Crippen LogP contribution < -0.4 is 4.74 Å². The Balaban J connectivity index is 1.91. The molecule has 6 heteroatoms. The van der Waals surface area contributed by atoms with Gasteiger partial charge in [0, 0.05) is 17.9 Å². The molecule has 0 radical (unpaired) electrons. The Hall–Kier alpha value is -0.750. The summed E-state index contributed by atoms with van der Waals surface area (Å²) in [5, 5.41) is 0. The molecule has 1 fully saturated rings. The molecule has 1 aliphatic heterocycles. The highest BCUT2D eigenvalue weighted by molar-refractivity contribution is 9.09. The van der Waals surface area contributed by atoms with Crippen molar-refractivity contribution in [1.29, 1.82) is 0 Å². The van der Waals surface area contributed by atoms with Crippen LogP contribution >= 0.6 is 15.9 Å². The molecule has 0 N–H and O–H groups in total. The Morgan fingerprint density at radius 3 is 2.53 bits per heavy atom. The Morgan fingerprint density at radius 2 is 1.95 bits per heavy atom. The minimum atomic E-state index is -4.63. The summed E-state index contributed by atoms with van der Waals surface area (Å²) in [4.78, 5) is 2.80. The summed E-state index contributed by atoms with van der Waals surface area (Å²) in [7, 11) is 0. The monoisotopic (exact) mass is 337 g/mol. The summed E-state index contributed by atoms with van der Waals surface area (Å²) in [6, 6.07) is 6.08. The molecule has 0 aliphatic carbocycles. The second-order valence-corrected chi connectivity index (χ2v) is 5.96. The van der Waals surface area contributed by atoms with Gasteiger partial charge in [-0.3, -0.25) is 4.90 Å². The van der Waals surface area contributed by atoms with Gasteiger partial charge in [-0.05, 0) is 37.1 Å². The fourth-order valence-corrected chi connectivity index (χ4v) is 2.93. The lowest BCUT2D eigenvalue weighted by Gasteiger charge is -2.29. The fraction of sp³-hybridized carbons (Fsp3) is 0.538. The van der Waals surface area contributed by atoms with Crippen LogP contribution in [0.1, 0.15) is 18.4 Å². The van der Waals surface area contributed by atoms with E-state index in [2.05, 4.69) is 25.6 Å². The minimum Gasteiger partial charge on any atom is -0.406 e. The average Bonchev–Trinajstić information content (AvgIpc) is 2.30. The van der Waals surface area contributed by atoms with E-state index in [1.54, 1.807) is 12.1 Å². The molecule has 1 aromatic carbocycles. The van der Waals surface area contributed by atoms with Gasteiger partial charge in [-0.1, -0.05) is 28.1 Å². The lowest BCUT2D eigenvalue weighted by molar-refractivity contribution is -0.274. The van der Waals surface area contributed by atoms with E-state index >= 15 is 0 Å². The topological polar surface area (TPSA) is 12.5 Å². The van der Waals surface area contributed by atoms with Gasteiger partial charge in [-0.2, -0.15) is 0 Å². The number of hydrogen-bond donors (Lipinski definition) is 0. The van der Waals surface area contributed by atoms with Crippen molar-refractivity contribution in [3.63, 3.8) is 0 Å². The molecule has 1 saturated heterocycles. The van der Waals surface area contributed by atoms with Gasteiger partial charge in [0.25, 0.3) is 0 Å². The number of halogens is 4. The first-order chi connectivity index (χ1) is 8.92. The third-order valence-electron chi connectivity index (χ3n) is 3.01. The van der Waals surface area contributed by atoms with Gasteiger partial charge in [0.2, 0.25) is 0 Å². The van der Waals surface area contributed by atoms with Crippen LogP contribution in [0.5, 0.6) is 5.75 Å². The lowest BCUT2D eigenvalue weighted by atomic mass is 10.1. The third-order valence-corrected chi connectivity index (χ3v) is 3.76. The second kappa shape index (κ2) is 6.13. The van der Waals surface area contributed by atoms with Gasteiger partial charge in [-0.15, -0.1) is 13.2 Å². The number of benzene rings is 1. The van der Waals surface area contributed by atoms with E-state index in [0.29, 0.717) is 4.83 Å². The smallest absolute Gasteiger partial charge is 0.406 e. The predicted octanol–water partition coefficient (Wildman–Crippen LogP) is 3.94. The second-order valence-electron chi connectivity index (χ2n) is 4.67. The summed E-state index contributed by atoms with van der Waals surface area (Å²) >= 11 is 3.60. The van der Waals surface area contributed by atoms with Crippen molar-refractivity contribution >= 4 is 15.9 Å². The van der Waals surface area contributed by atoms with Crippen molar-refractivity contribution in [2.45, 2.75) is 30.6 Å². The molecule has 0 amide bonds. The van der Waals surface area contributed by atoms with E-state index in [0.717, 1.165) is 31.6 Å². The highest BCUT2D eigenvalue weighted by atomic mass is 79.9. The maximum absolute atomic E-state index is 12.0. The molecule has 0 saturated carbocycles. The van der Waals surface area contributed by atoms with E-state index in [9.17, 15) is 13.2 Å². The first-order valence-corrected chi connectivity index (χ1v) is 7.05. The van der Waals surface area contributed by atoms with Crippen molar-refractivity contribution < 1.29 is 17.9 Å². The van der Waals surface area contributed by atoms with Gasteiger partial charge in [0.1, 0.15) is 5.75 Å². The molecule has 1 aromatic rings. The van der Waals surface area contributed by atoms with Crippen LogP contribution in [0.15, 0.2) is 24.3 Å². The highest BCUT2D eigenvalue weighted by Crippen LogP contribution is 2.24. The average molecular weight is 338 g/mol. The molecule has 1 atom stereocenters. The molecular formula is C13H15BrF3NO. The van der Waals surface area contributed by atoms with Gasteiger partial charge >= 0.3 is 6.36 Å². The zero-order valence-electron chi connectivity index (χ0n) is 10.3. The van der Waals surface area contributed by atoms with Crippen LogP contribution in [0.3, 0.4) is 0 Å². The summed E-state index contributed by atoms with van der Waals surface area (Å²) < 4.78 is 39.9. The Kier molecular flexibility index (Phi) is 4.73. The molecule has 2 nitrogen and oxygen atoms in total. The molecule has 0 bridgehead atoms. The number of likely N-dealkylation sites (tertiary alicyclic amines) is 1. The van der Waals surface area contributed by atoms with Crippen molar-refractivity contribution in [3.8, 4) is 5.75 Å². The SMILES string of the molecule is FC(F)(F)Oc1ccc(CN2CCCC(Br)C2)cc1. The van der Waals surface area contributed by atoms with E-state index in [1.165, 1.54) is 18.6 Å². The number of rotatable bonds is 3. The molecule has 1 aliphatic rings. The van der Waals surface area contributed by atoms with Crippen LogP contribution in [0.25, 0.3) is 0 Å². The number of piperidine rings is 1. The molecule has 2 rings (SSSR count). The zero-order chi connectivity index (χ0) is 13.9. The van der Waals surface area contributed by atoms with Crippen molar-refractivity contribution in [3.05, 3.63) is 29.8 Å². The normalized spacial score (nSPS) is 21.4. The van der Waals surface area contributed by atoms with Gasteiger partial charge < -0.3 is 4.74 Å². The van der Waals surface area contributed by atoms with Gasteiger partial charge in [-0.25, -0.2) is 0 Å².